The molecule has 186 valence electrons. The molecule has 0 saturated carbocycles. The number of nitrogens with zero attached hydrogens (tertiary/aromatic N) is 1. The molecule has 0 aliphatic carbocycles. The number of para-hydroxylation sites is 1. The van der Waals surface area contributed by atoms with E-state index in [1.807, 2.05) is 32.0 Å². The topological polar surface area (TPSA) is 127 Å². The number of benzene rings is 2. The second kappa shape index (κ2) is 12.5. The molecule has 1 heterocycles. The molecule has 1 saturated heterocycles. The average Bonchev–Trinajstić information content (AvgIpc) is 3.37. The summed E-state index contributed by atoms with van der Waals surface area (Å²) < 4.78 is 16.4. The number of amides is 3. The third-order valence-electron chi connectivity index (χ3n) is 5.39. The molecule has 1 aliphatic rings. The van der Waals surface area contributed by atoms with Crippen molar-refractivity contribution in [2.75, 3.05) is 32.2 Å². The van der Waals surface area contributed by atoms with Gasteiger partial charge in [0.15, 0.2) is 18.1 Å². The third kappa shape index (κ3) is 7.54. The van der Waals surface area contributed by atoms with Gasteiger partial charge in [0.25, 0.3) is 5.91 Å². The summed E-state index contributed by atoms with van der Waals surface area (Å²) in [6.45, 7) is 4.61. The van der Waals surface area contributed by atoms with Gasteiger partial charge in [0, 0.05) is 18.8 Å². The van der Waals surface area contributed by atoms with Gasteiger partial charge in [0.05, 0.1) is 19.4 Å². The van der Waals surface area contributed by atoms with Crippen LogP contribution in [0.25, 0.3) is 0 Å². The van der Waals surface area contributed by atoms with Crippen LogP contribution < -0.4 is 25.5 Å². The van der Waals surface area contributed by atoms with Gasteiger partial charge in [-0.05, 0) is 61.6 Å². The fraction of sp³-hybridized carbons (Fsp3) is 0.360. The zero-order valence-electron chi connectivity index (χ0n) is 20.1. The summed E-state index contributed by atoms with van der Waals surface area (Å²) in [6, 6.07) is 10.7. The van der Waals surface area contributed by atoms with E-state index in [-0.39, 0.29) is 25.2 Å². The number of ether oxygens (including phenoxy) is 3. The van der Waals surface area contributed by atoms with E-state index in [0.29, 0.717) is 23.7 Å². The zero-order chi connectivity index (χ0) is 25.2. The second-order valence-corrected chi connectivity index (χ2v) is 8.06. The van der Waals surface area contributed by atoms with Crippen LogP contribution in [0.2, 0.25) is 0 Å². The van der Waals surface area contributed by atoms with Crippen molar-refractivity contribution < 1.29 is 28.6 Å². The molecule has 3 amide bonds. The normalized spacial score (nSPS) is 15.0. The molecule has 1 atom stereocenters. The largest absolute Gasteiger partial charge is 0.493 e. The molecule has 0 aromatic heterocycles. The predicted octanol–water partition coefficient (Wildman–Crippen LogP) is 2.07. The van der Waals surface area contributed by atoms with Gasteiger partial charge in [0.2, 0.25) is 0 Å². The first-order valence-corrected chi connectivity index (χ1v) is 11.3. The molecule has 10 heteroatoms. The van der Waals surface area contributed by atoms with Crippen LogP contribution in [-0.4, -0.2) is 56.9 Å². The summed E-state index contributed by atoms with van der Waals surface area (Å²) in [5.74, 6) is -1.19. The number of hydrogen-bond acceptors (Lipinski definition) is 7. The van der Waals surface area contributed by atoms with Gasteiger partial charge in [-0.3, -0.25) is 14.4 Å². The van der Waals surface area contributed by atoms with Crippen molar-refractivity contribution in [2.24, 2.45) is 5.10 Å². The van der Waals surface area contributed by atoms with Gasteiger partial charge >= 0.3 is 11.8 Å². The third-order valence-corrected chi connectivity index (χ3v) is 5.39. The summed E-state index contributed by atoms with van der Waals surface area (Å²) in [7, 11) is 1.47. The lowest BCUT2D eigenvalue weighted by Crippen LogP contribution is -2.41. The summed E-state index contributed by atoms with van der Waals surface area (Å²) >= 11 is 0. The standard InChI is InChI=1S/C25H30N4O6/c1-16-6-4-7-17(2)23(16)28-22(30)15-35-20-10-9-18(12-21(20)33-3)13-27-29-25(32)24(31)26-14-19-8-5-11-34-19/h4,6-7,9-10,12-13,19H,5,8,11,14-15H2,1-3H3,(H,26,31)(H,28,30)(H,29,32)/b27-13-/t19-/m1/s1. The van der Waals surface area contributed by atoms with Gasteiger partial charge in [-0.2, -0.15) is 5.10 Å². The molecule has 0 radical (unpaired) electrons. The van der Waals surface area contributed by atoms with E-state index >= 15 is 0 Å². The molecule has 10 nitrogen and oxygen atoms in total. The maximum Gasteiger partial charge on any atom is 0.329 e. The van der Waals surface area contributed by atoms with Crippen molar-refractivity contribution >= 4 is 29.6 Å². The van der Waals surface area contributed by atoms with Crippen molar-refractivity contribution in [3.8, 4) is 11.5 Å². The number of hydrazone groups is 1. The minimum atomic E-state index is -0.874. The van der Waals surface area contributed by atoms with Crippen LogP contribution in [0.15, 0.2) is 41.5 Å². The van der Waals surface area contributed by atoms with E-state index in [9.17, 15) is 14.4 Å². The van der Waals surface area contributed by atoms with E-state index in [4.69, 9.17) is 14.2 Å². The molecule has 0 spiro atoms. The van der Waals surface area contributed by atoms with Gasteiger partial charge in [0.1, 0.15) is 0 Å². The van der Waals surface area contributed by atoms with Crippen molar-refractivity contribution in [3.63, 3.8) is 0 Å². The number of rotatable bonds is 9. The monoisotopic (exact) mass is 482 g/mol. The number of methoxy groups -OCH3 is 1. The Morgan fingerprint density at radius 3 is 2.57 bits per heavy atom. The number of aryl methyl sites for hydroxylation is 2. The first-order chi connectivity index (χ1) is 16.9. The molecule has 3 N–H and O–H groups in total. The summed E-state index contributed by atoms with van der Waals surface area (Å²) in [5, 5.41) is 9.20. The summed E-state index contributed by atoms with van der Waals surface area (Å²) in [6.07, 6.45) is 3.12. The average molecular weight is 483 g/mol. The lowest BCUT2D eigenvalue weighted by atomic mass is 10.1. The van der Waals surface area contributed by atoms with Crippen LogP contribution in [0.4, 0.5) is 5.69 Å². The van der Waals surface area contributed by atoms with E-state index in [2.05, 4.69) is 21.2 Å². The van der Waals surface area contributed by atoms with Crippen molar-refractivity contribution in [3.05, 3.63) is 53.1 Å². The number of anilines is 1. The highest BCUT2D eigenvalue weighted by molar-refractivity contribution is 6.35. The summed E-state index contributed by atoms with van der Waals surface area (Å²) in [4.78, 5) is 36.1. The molecule has 1 aliphatic heterocycles. The first kappa shape index (κ1) is 25.7. The SMILES string of the molecule is COc1cc(/C=N\NC(=O)C(=O)NC[C@H]2CCCO2)ccc1OCC(=O)Nc1c(C)cccc1C. The van der Waals surface area contributed by atoms with E-state index in [1.165, 1.54) is 13.3 Å². The summed E-state index contributed by atoms with van der Waals surface area (Å²) in [5.41, 5.74) is 5.47. The Labute approximate surface area is 204 Å². The number of hydrogen-bond donors (Lipinski definition) is 3. The smallest absolute Gasteiger partial charge is 0.329 e. The fourth-order valence-corrected chi connectivity index (χ4v) is 3.52. The minimum absolute atomic E-state index is 0.0545. The molecular weight excluding hydrogens is 452 g/mol. The molecule has 3 rings (SSSR count). The Balaban J connectivity index is 1.49. The molecule has 0 unspecified atom stereocenters. The predicted molar refractivity (Wildman–Crippen MR) is 131 cm³/mol. The highest BCUT2D eigenvalue weighted by atomic mass is 16.5. The van der Waals surface area contributed by atoms with Crippen LogP contribution in [-0.2, 0) is 19.1 Å². The highest BCUT2D eigenvalue weighted by Crippen LogP contribution is 2.27. The van der Waals surface area contributed by atoms with Crippen molar-refractivity contribution in [1.82, 2.24) is 10.7 Å². The maximum atomic E-state index is 12.4. The second-order valence-electron chi connectivity index (χ2n) is 8.06. The van der Waals surface area contributed by atoms with Crippen molar-refractivity contribution in [1.29, 1.82) is 0 Å². The van der Waals surface area contributed by atoms with Crippen LogP contribution in [0.1, 0.15) is 29.5 Å². The minimum Gasteiger partial charge on any atom is -0.493 e. The van der Waals surface area contributed by atoms with Crippen LogP contribution in [0, 0.1) is 13.8 Å². The Kier molecular flexibility index (Phi) is 9.19. The van der Waals surface area contributed by atoms with Gasteiger partial charge < -0.3 is 24.8 Å². The molecule has 0 bridgehead atoms. The first-order valence-electron chi connectivity index (χ1n) is 11.3. The molecule has 1 fully saturated rings. The highest BCUT2D eigenvalue weighted by Gasteiger charge is 2.19. The van der Waals surface area contributed by atoms with E-state index in [1.54, 1.807) is 18.2 Å². The number of nitrogens with one attached hydrogen (secondary N) is 3. The fourth-order valence-electron chi connectivity index (χ4n) is 3.52. The van der Waals surface area contributed by atoms with Crippen LogP contribution >= 0.6 is 0 Å². The Bertz CT molecular complexity index is 1080. The van der Waals surface area contributed by atoms with Crippen LogP contribution in [0.5, 0.6) is 11.5 Å². The lowest BCUT2D eigenvalue weighted by molar-refractivity contribution is -0.139. The Morgan fingerprint density at radius 2 is 1.89 bits per heavy atom. The maximum absolute atomic E-state index is 12.4. The number of carbonyl (C=O) groups excluding carboxylic acids is 3. The van der Waals surface area contributed by atoms with Gasteiger partial charge in [-0.1, -0.05) is 18.2 Å². The van der Waals surface area contributed by atoms with Crippen molar-refractivity contribution in [2.45, 2.75) is 32.8 Å². The Hall–Kier alpha value is -3.92. The quantitative estimate of drug-likeness (QED) is 0.285. The Morgan fingerprint density at radius 1 is 1.11 bits per heavy atom. The molecule has 2 aromatic rings. The van der Waals surface area contributed by atoms with Gasteiger partial charge in [-0.15, -0.1) is 0 Å². The van der Waals surface area contributed by atoms with Gasteiger partial charge in [-0.25, -0.2) is 5.43 Å². The van der Waals surface area contributed by atoms with E-state index < -0.39 is 11.8 Å². The molecule has 35 heavy (non-hydrogen) atoms. The zero-order valence-corrected chi connectivity index (χ0v) is 20.1. The molecular formula is C25H30N4O6. The lowest BCUT2D eigenvalue weighted by Gasteiger charge is -2.13. The van der Waals surface area contributed by atoms with Crippen LogP contribution in [0.3, 0.4) is 0 Å². The molecule has 2 aromatic carbocycles. The van der Waals surface area contributed by atoms with E-state index in [0.717, 1.165) is 29.7 Å². The number of carbonyl (C=O) groups is 3.